The molecule has 0 radical (unpaired) electrons. The van der Waals surface area contributed by atoms with E-state index < -0.39 is 0 Å². The summed E-state index contributed by atoms with van der Waals surface area (Å²) in [5.74, 6) is 0. The molecule has 1 unspecified atom stereocenters. The number of nitrogens with zero attached hydrogens (tertiary/aromatic N) is 1. The van der Waals surface area contributed by atoms with Crippen molar-refractivity contribution in [1.29, 1.82) is 0 Å². The Morgan fingerprint density at radius 2 is 1.73 bits per heavy atom. The summed E-state index contributed by atoms with van der Waals surface area (Å²) in [5, 5.41) is 0.389. The van der Waals surface area contributed by atoms with Crippen LogP contribution in [0.5, 0.6) is 0 Å². The van der Waals surface area contributed by atoms with Gasteiger partial charge in [-0.3, -0.25) is 4.90 Å². The van der Waals surface area contributed by atoms with E-state index in [2.05, 4.69) is 61.7 Å². The predicted molar refractivity (Wildman–Crippen MR) is 70.5 cm³/mol. The quantitative estimate of drug-likeness (QED) is 0.572. The van der Waals surface area contributed by atoms with E-state index in [1.54, 1.807) is 0 Å². The Labute approximate surface area is 98.9 Å². The molecule has 1 aromatic carbocycles. The standard InChI is InChI=1S/C13H21NS/c1-3-14(4-2)13(15)11-10-12-8-6-5-7-9-12/h5-9,13,15H,3-4,10-11H2,1-2H3. The van der Waals surface area contributed by atoms with Crippen molar-refractivity contribution in [3.63, 3.8) is 0 Å². The zero-order valence-electron chi connectivity index (χ0n) is 9.69. The summed E-state index contributed by atoms with van der Waals surface area (Å²) in [5.41, 5.74) is 1.41. The maximum atomic E-state index is 4.64. The van der Waals surface area contributed by atoms with Gasteiger partial charge in [-0.2, -0.15) is 12.6 Å². The van der Waals surface area contributed by atoms with Crippen molar-refractivity contribution in [1.82, 2.24) is 4.90 Å². The molecule has 0 saturated carbocycles. The summed E-state index contributed by atoms with van der Waals surface area (Å²) in [7, 11) is 0. The van der Waals surface area contributed by atoms with E-state index in [9.17, 15) is 0 Å². The third-order valence-corrected chi connectivity index (χ3v) is 3.35. The van der Waals surface area contributed by atoms with Gasteiger partial charge in [-0.05, 0) is 31.5 Å². The predicted octanol–water partition coefficient (Wildman–Crippen LogP) is 3.22. The fraction of sp³-hybridized carbons (Fsp3) is 0.538. The molecule has 0 N–H and O–H groups in total. The Hall–Kier alpha value is -0.470. The van der Waals surface area contributed by atoms with Gasteiger partial charge in [0.05, 0.1) is 5.37 Å². The highest BCUT2D eigenvalue weighted by atomic mass is 32.1. The second-order valence-corrected chi connectivity index (χ2v) is 4.32. The highest BCUT2D eigenvalue weighted by Crippen LogP contribution is 2.12. The Bertz CT molecular complexity index is 256. The molecule has 2 heteroatoms. The SMILES string of the molecule is CCN(CC)C(S)CCc1ccccc1. The van der Waals surface area contributed by atoms with E-state index in [4.69, 9.17) is 0 Å². The van der Waals surface area contributed by atoms with Crippen LogP contribution in [0, 0.1) is 0 Å². The fourth-order valence-corrected chi connectivity index (χ4v) is 2.22. The van der Waals surface area contributed by atoms with Crippen LogP contribution in [-0.4, -0.2) is 23.4 Å². The van der Waals surface area contributed by atoms with Crippen molar-refractivity contribution in [2.24, 2.45) is 0 Å². The van der Waals surface area contributed by atoms with Gasteiger partial charge in [0.15, 0.2) is 0 Å². The summed E-state index contributed by atoms with van der Waals surface area (Å²) >= 11 is 4.64. The van der Waals surface area contributed by atoms with Crippen LogP contribution in [0.25, 0.3) is 0 Å². The maximum Gasteiger partial charge on any atom is 0.0530 e. The smallest absolute Gasteiger partial charge is 0.0530 e. The molecule has 1 atom stereocenters. The van der Waals surface area contributed by atoms with Crippen LogP contribution >= 0.6 is 12.6 Å². The number of hydrogen-bond acceptors (Lipinski definition) is 2. The summed E-state index contributed by atoms with van der Waals surface area (Å²) < 4.78 is 0. The van der Waals surface area contributed by atoms with Gasteiger partial charge in [0.2, 0.25) is 0 Å². The number of aryl methyl sites for hydroxylation is 1. The largest absolute Gasteiger partial charge is 0.292 e. The monoisotopic (exact) mass is 223 g/mol. The van der Waals surface area contributed by atoms with E-state index in [0.29, 0.717) is 5.37 Å². The van der Waals surface area contributed by atoms with Gasteiger partial charge in [-0.1, -0.05) is 44.2 Å². The molecule has 0 aliphatic heterocycles. The molecular weight excluding hydrogens is 202 g/mol. The second-order valence-electron chi connectivity index (χ2n) is 3.73. The summed E-state index contributed by atoms with van der Waals surface area (Å²) in [6, 6.07) is 10.6. The molecule has 0 bridgehead atoms. The van der Waals surface area contributed by atoms with Crippen molar-refractivity contribution < 1.29 is 0 Å². The Morgan fingerprint density at radius 1 is 1.13 bits per heavy atom. The molecule has 15 heavy (non-hydrogen) atoms. The van der Waals surface area contributed by atoms with E-state index >= 15 is 0 Å². The lowest BCUT2D eigenvalue weighted by atomic mass is 10.1. The minimum Gasteiger partial charge on any atom is -0.292 e. The number of thiol groups is 1. The molecule has 84 valence electrons. The van der Waals surface area contributed by atoms with Crippen molar-refractivity contribution >= 4 is 12.6 Å². The number of benzene rings is 1. The molecule has 0 saturated heterocycles. The van der Waals surface area contributed by atoms with Crippen LogP contribution in [0.1, 0.15) is 25.8 Å². The van der Waals surface area contributed by atoms with Crippen LogP contribution in [0.15, 0.2) is 30.3 Å². The molecule has 0 spiro atoms. The summed E-state index contributed by atoms with van der Waals surface area (Å²) in [6.45, 7) is 6.55. The molecule has 0 fully saturated rings. The van der Waals surface area contributed by atoms with E-state index in [0.717, 1.165) is 25.9 Å². The third-order valence-electron chi connectivity index (χ3n) is 2.77. The van der Waals surface area contributed by atoms with Crippen LogP contribution < -0.4 is 0 Å². The third kappa shape index (κ3) is 4.27. The highest BCUT2D eigenvalue weighted by Gasteiger charge is 2.10. The first-order valence-corrected chi connectivity index (χ1v) is 6.25. The van der Waals surface area contributed by atoms with Gasteiger partial charge < -0.3 is 0 Å². The lowest BCUT2D eigenvalue weighted by Crippen LogP contribution is -2.31. The molecule has 0 aromatic heterocycles. The van der Waals surface area contributed by atoms with Crippen molar-refractivity contribution in [2.45, 2.75) is 32.1 Å². The lowest BCUT2D eigenvalue weighted by molar-refractivity contribution is 0.276. The van der Waals surface area contributed by atoms with Crippen molar-refractivity contribution in [3.8, 4) is 0 Å². The maximum absolute atomic E-state index is 4.64. The minimum atomic E-state index is 0.389. The highest BCUT2D eigenvalue weighted by molar-refractivity contribution is 7.80. The van der Waals surface area contributed by atoms with Gasteiger partial charge in [0, 0.05) is 0 Å². The van der Waals surface area contributed by atoms with E-state index in [-0.39, 0.29) is 0 Å². The normalized spacial score (nSPS) is 13.1. The Morgan fingerprint density at radius 3 is 2.27 bits per heavy atom. The zero-order chi connectivity index (χ0) is 11.1. The van der Waals surface area contributed by atoms with Crippen LogP contribution in [0.2, 0.25) is 0 Å². The summed E-state index contributed by atoms with van der Waals surface area (Å²) in [6.07, 6.45) is 2.24. The molecule has 1 aromatic rings. The Kier molecular flexibility index (Phi) is 5.81. The van der Waals surface area contributed by atoms with E-state index in [1.807, 2.05) is 0 Å². The van der Waals surface area contributed by atoms with Crippen LogP contribution in [0.3, 0.4) is 0 Å². The fourth-order valence-electron chi connectivity index (χ4n) is 1.77. The minimum absolute atomic E-state index is 0.389. The van der Waals surface area contributed by atoms with E-state index in [1.165, 1.54) is 5.56 Å². The average Bonchev–Trinajstić information content (AvgIpc) is 2.29. The van der Waals surface area contributed by atoms with Gasteiger partial charge in [-0.25, -0.2) is 0 Å². The average molecular weight is 223 g/mol. The number of rotatable bonds is 6. The first-order valence-electron chi connectivity index (χ1n) is 5.74. The second kappa shape index (κ2) is 6.91. The molecule has 0 heterocycles. The molecule has 0 aliphatic carbocycles. The first kappa shape index (κ1) is 12.6. The van der Waals surface area contributed by atoms with Crippen LogP contribution in [0.4, 0.5) is 0 Å². The summed E-state index contributed by atoms with van der Waals surface area (Å²) in [4.78, 5) is 2.38. The van der Waals surface area contributed by atoms with Crippen LogP contribution in [-0.2, 0) is 6.42 Å². The Balaban J connectivity index is 2.36. The van der Waals surface area contributed by atoms with Gasteiger partial charge >= 0.3 is 0 Å². The van der Waals surface area contributed by atoms with Crippen molar-refractivity contribution in [3.05, 3.63) is 35.9 Å². The van der Waals surface area contributed by atoms with Gasteiger partial charge in [-0.15, -0.1) is 0 Å². The molecule has 0 aliphatic rings. The van der Waals surface area contributed by atoms with Gasteiger partial charge in [0.25, 0.3) is 0 Å². The molecule has 1 rings (SSSR count). The van der Waals surface area contributed by atoms with Gasteiger partial charge in [0.1, 0.15) is 0 Å². The lowest BCUT2D eigenvalue weighted by Gasteiger charge is -2.25. The van der Waals surface area contributed by atoms with Crippen molar-refractivity contribution in [2.75, 3.05) is 13.1 Å². The molecular formula is C13H21NS. The molecule has 0 amide bonds. The topological polar surface area (TPSA) is 3.24 Å². The molecule has 1 nitrogen and oxygen atoms in total. The number of hydrogen-bond donors (Lipinski definition) is 1. The first-order chi connectivity index (χ1) is 7.27. The zero-order valence-corrected chi connectivity index (χ0v) is 10.6.